The van der Waals surface area contributed by atoms with Gasteiger partial charge in [0.15, 0.2) is 0 Å². The Hall–Kier alpha value is -0.0351. The fourth-order valence-electron chi connectivity index (χ4n) is 1.10. The number of ether oxygens (including phenoxy) is 1. The minimum atomic E-state index is -1.51. The van der Waals surface area contributed by atoms with Crippen LogP contribution in [-0.2, 0) is 0 Å². The normalized spacial score (nSPS) is 10.1. The summed E-state index contributed by atoms with van der Waals surface area (Å²) in [6, 6.07) is 1.58. The SMILES string of the molecule is COc1cc(B(O)O)c(Br)c(C)c1Br. The summed E-state index contributed by atoms with van der Waals surface area (Å²) < 4.78 is 6.55. The van der Waals surface area contributed by atoms with Crippen molar-refractivity contribution in [2.45, 2.75) is 6.92 Å². The zero-order valence-corrected chi connectivity index (χ0v) is 10.9. The summed E-state index contributed by atoms with van der Waals surface area (Å²) in [7, 11) is 0.0196. The van der Waals surface area contributed by atoms with Crippen molar-refractivity contribution < 1.29 is 14.8 Å². The van der Waals surface area contributed by atoms with Crippen molar-refractivity contribution in [3.63, 3.8) is 0 Å². The first-order valence-corrected chi connectivity index (χ1v) is 5.46. The molecule has 0 heterocycles. The third-order valence-corrected chi connectivity index (χ3v) is 3.95. The predicted molar refractivity (Wildman–Crippen MR) is 63.0 cm³/mol. The number of hydrogen-bond donors (Lipinski definition) is 2. The number of halogens is 2. The van der Waals surface area contributed by atoms with Crippen molar-refractivity contribution in [3.05, 3.63) is 20.6 Å². The molecule has 0 radical (unpaired) electrons. The number of methoxy groups -OCH3 is 1. The van der Waals surface area contributed by atoms with E-state index in [9.17, 15) is 0 Å². The molecule has 3 nitrogen and oxygen atoms in total. The van der Waals surface area contributed by atoms with Crippen molar-refractivity contribution >= 4 is 44.4 Å². The van der Waals surface area contributed by atoms with Crippen LogP contribution in [0.15, 0.2) is 15.0 Å². The molecule has 0 saturated heterocycles. The molecule has 0 atom stereocenters. The van der Waals surface area contributed by atoms with Crippen LogP contribution in [0.1, 0.15) is 5.56 Å². The first-order chi connectivity index (χ1) is 6.49. The van der Waals surface area contributed by atoms with Crippen LogP contribution in [0, 0.1) is 6.92 Å². The maximum Gasteiger partial charge on any atom is 0.489 e. The summed E-state index contributed by atoms with van der Waals surface area (Å²) in [4.78, 5) is 0. The van der Waals surface area contributed by atoms with Gasteiger partial charge >= 0.3 is 7.12 Å². The Labute approximate surface area is 99.5 Å². The van der Waals surface area contributed by atoms with Crippen molar-refractivity contribution in [1.82, 2.24) is 0 Å². The van der Waals surface area contributed by atoms with E-state index < -0.39 is 7.12 Å². The highest BCUT2D eigenvalue weighted by atomic mass is 79.9. The van der Waals surface area contributed by atoms with E-state index in [0.717, 1.165) is 10.0 Å². The summed E-state index contributed by atoms with van der Waals surface area (Å²) in [5.41, 5.74) is 1.26. The molecule has 0 aromatic heterocycles. The lowest BCUT2D eigenvalue weighted by atomic mass is 9.79. The number of hydrogen-bond acceptors (Lipinski definition) is 3. The van der Waals surface area contributed by atoms with Gasteiger partial charge in [0.05, 0.1) is 11.6 Å². The van der Waals surface area contributed by atoms with Crippen LogP contribution in [0.3, 0.4) is 0 Å². The van der Waals surface area contributed by atoms with Crippen molar-refractivity contribution in [1.29, 1.82) is 0 Å². The topological polar surface area (TPSA) is 49.7 Å². The average Bonchev–Trinajstić information content (AvgIpc) is 2.14. The zero-order chi connectivity index (χ0) is 10.9. The van der Waals surface area contributed by atoms with Gasteiger partial charge in [-0.15, -0.1) is 0 Å². The molecule has 0 spiro atoms. The Morgan fingerprint density at radius 3 is 2.29 bits per heavy atom. The van der Waals surface area contributed by atoms with Gasteiger partial charge in [-0.3, -0.25) is 0 Å². The molecule has 1 rings (SSSR count). The fraction of sp³-hybridized carbons (Fsp3) is 0.250. The maximum atomic E-state index is 9.09. The minimum Gasteiger partial charge on any atom is -0.496 e. The summed E-state index contributed by atoms with van der Waals surface area (Å²) in [5, 5.41) is 18.2. The molecule has 0 aliphatic heterocycles. The third kappa shape index (κ3) is 2.13. The molecule has 0 unspecified atom stereocenters. The zero-order valence-electron chi connectivity index (χ0n) is 7.71. The first kappa shape index (κ1) is 12.0. The summed E-state index contributed by atoms with van der Waals surface area (Å²) in [6.45, 7) is 1.85. The molecule has 0 amide bonds. The molecule has 0 aliphatic carbocycles. The van der Waals surface area contributed by atoms with Gasteiger partial charge in [0.2, 0.25) is 0 Å². The van der Waals surface area contributed by atoms with E-state index in [4.69, 9.17) is 14.8 Å². The minimum absolute atomic E-state index is 0.391. The van der Waals surface area contributed by atoms with Gasteiger partial charge in [0.25, 0.3) is 0 Å². The second kappa shape index (κ2) is 4.66. The molecular weight excluding hydrogens is 315 g/mol. The molecule has 76 valence electrons. The largest absolute Gasteiger partial charge is 0.496 e. The Balaban J connectivity index is 3.40. The van der Waals surface area contributed by atoms with Gasteiger partial charge in [-0.25, -0.2) is 0 Å². The number of rotatable bonds is 2. The lowest BCUT2D eigenvalue weighted by Gasteiger charge is -2.12. The Kier molecular flexibility index (Phi) is 4.00. The van der Waals surface area contributed by atoms with E-state index in [0.29, 0.717) is 15.7 Å². The van der Waals surface area contributed by atoms with Gasteiger partial charge in [-0.1, -0.05) is 15.9 Å². The Morgan fingerprint density at radius 2 is 1.86 bits per heavy atom. The van der Waals surface area contributed by atoms with Crippen LogP contribution in [-0.4, -0.2) is 24.3 Å². The molecule has 0 fully saturated rings. The van der Waals surface area contributed by atoms with Crippen LogP contribution < -0.4 is 10.2 Å². The molecule has 14 heavy (non-hydrogen) atoms. The van der Waals surface area contributed by atoms with E-state index >= 15 is 0 Å². The summed E-state index contributed by atoms with van der Waals surface area (Å²) in [6.07, 6.45) is 0. The highest BCUT2D eigenvalue weighted by molar-refractivity contribution is 9.11. The summed E-state index contributed by atoms with van der Waals surface area (Å²) >= 11 is 6.65. The fourth-order valence-corrected chi connectivity index (χ4v) is 2.36. The molecule has 0 bridgehead atoms. The van der Waals surface area contributed by atoms with Gasteiger partial charge in [-0.05, 0) is 34.5 Å². The predicted octanol–water partition coefficient (Wildman–Crippen LogP) is 1.21. The van der Waals surface area contributed by atoms with Crippen molar-refractivity contribution in [2.75, 3.05) is 7.11 Å². The average molecular weight is 324 g/mol. The van der Waals surface area contributed by atoms with E-state index in [1.165, 1.54) is 7.11 Å². The van der Waals surface area contributed by atoms with Crippen LogP contribution in [0.4, 0.5) is 0 Å². The highest BCUT2D eigenvalue weighted by Gasteiger charge is 2.20. The second-order valence-electron chi connectivity index (χ2n) is 2.79. The van der Waals surface area contributed by atoms with Gasteiger partial charge in [0, 0.05) is 9.94 Å². The molecule has 1 aromatic rings. The molecule has 0 saturated carbocycles. The van der Waals surface area contributed by atoms with Crippen LogP contribution in [0.25, 0.3) is 0 Å². The van der Waals surface area contributed by atoms with Crippen LogP contribution in [0.5, 0.6) is 5.75 Å². The van der Waals surface area contributed by atoms with Crippen molar-refractivity contribution in [3.8, 4) is 5.75 Å². The van der Waals surface area contributed by atoms with Gasteiger partial charge < -0.3 is 14.8 Å². The lowest BCUT2D eigenvalue weighted by molar-refractivity contribution is 0.409. The van der Waals surface area contributed by atoms with E-state index in [2.05, 4.69) is 31.9 Å². The van der Waals surface area contributed by atoms with Crippen LogP contribution in [0.2, 0.25) is 0 Å². The number of benzene rings is 1. The van der Waals surface area contributed by atoms with E-state index in [1.807, 2.05) is 6.92 Å². The second-order valence-corrected chi connectivity index (χ2v) is 4.38. The van der Waals surface area contributed by atoms with E-state index in [-0.39, 0.29) is 0 Å². The maximum absolute atomic E-state index is 9.09. The van der Waals surface area contributed by atoms with Crippen LogP contribution >= 0.6 is 31.9 Å². The van der Waals surface area contributed by atoms with E-state index in [1.54, 1.807) is 6.07 Å². The Morgan fingerprint density at radius 1 is 1.29 bits per heavy atom. The van der Waals surface area contributed by atoms with Crippen molar-refractivity contribution in [2.24, 2.45) is 0 Å². The molecule has 1 aromatic carbocycles. The third-order valence-electron chi connectivity index (χ3n) is 1.91. The molecule has 0 aliphatic rings. The quantitative estimate of drug-likeness (QED) is 0.804. The lowest BCUT2D eigenvalue weighted by Crippen LogP contribution is -2.31. The first-order valence-electron chi connectivity index (χ1n) is 3.87. The molecule has 2 N–H and O–H groups in total. The smallest absolute Gasteiger partial charge is 0.489 e. The van der Waals surface area contributed by atoms with Gasteiger partial charge in [0.1, 0.15) is 5.75 Å². The van der Waals surface area contributed by atoms with Gasteiger partial charge in [-0.2, -0.15) is 0 Å². The Bertz CT molecular complexity index is 355. The monoisotopic (exact) mass is 322 g/mol. The summed E-state index contributed by atoms with van der Waals surface area (Å²) in [5.74, 6) is 0.578. The highest BCUT2D eigenvalue weighted by Crippen LogP contribution is 2.31. The standard InChI is InChI=1S/C8H9BBr2O3/c1-4-7(10)5(9(12)13)3-6(14-2)8(4)11/h3,12-13H,1-2H3. The molecular formula is C8H9BBr2O3. The molecule has 6 heteroatoms.